The maximum absolute atomic E-state index is 11.7. The number of amides is 2. The highest BCUT2D eigenvalue weighted by molar-refractivity contribution is 5.81. The van der Waals surface area contributed by atoms with Gasteiger partial charge in [0, 0.05) is 19.5 Å². The van der Waals surface area contributed by atoms with Crippen LogP contribution in [0, 0.1) is 23.2 Å². The molecule has 0 aromatic rings. The van der Waals surface area contributed by atoms with Gasteiger partial charge < -0.3 is 10.6 Å². The molecule has 1 heterocycles. The van der Waals surface area contributed by atoms with E-state index in [1.807, 2.05) is 6.07 Å². The van der Waals surface area contributed by atoms with E-state index in [0.29, 0.717) is 25.4 Å². The second kappa shape index (κ2) is 5.50. The SMILES string of the molecule is CC(C#N)C(=O)N1CCC(CC(N)=O)CC1. The van der Waals surface area contributed by atoms with E-state index >= 15 is 0 Å². The van der Waals surface area contributed by atoms with E-state index in [2.05, 4.69) is 0 Å². The molecule has 0 aromatic heterocycles. The van der Waals surface area contributed by atoms with Crippen molar-refractivity contribution in [3.63, 3.8) is 0 Å². The third kappa shape index (κ3) is 3.23. The van der Waals surface area contributed by atoms with Gasteiger partial charge in [-0.1, -0.05) is 0 Å². The van der Waals surface area contributed by atoms with Crippen LogP contribution in [0.25, 0.3) is 0 Å². The van der Waals surface area contributed by atoms with Gasteiger partial charge in [-0.05, 0) is 25.7 Å². The summed E-state index contributed by atoms with van der Waals surface area (Å²) in [6.07, 6.45) is 2.00. The van der Waals surface area contributed by atoms with Gasteiger partial charge in [-0.25, -0.2) is 0 Å². The first-order chi connectivity index (χ1) is 7.54. The van der Waals surface area contributed by atoms with E-state index in [1.54, 1.807) is 11.8 Å². The van der Waals surface area contributed by atoms with E-state index in [-0.39, 0.29) is 11.8 Å². The fraction of sp³-hybridized carbons (Fsp3) is 0.727. The summed E-state index contributed by atoms with van der Waals surface area (Å²) in [5, 5.41) is 8.65. The minimum absolute atomic E-state index is 0.111. The molecule has 5 nitrogen and oxygen atoms in total. The van der Waals surface area contributed by atoms with Crippen LogP contribution in [-0.2, 0) is 9.59 Å². The summed E-state index contributed by atoms with van der Waals surface area (Å²) in [6, 6.07) is 1.94. The summed E-state index contributed by atoms with van der Waals surface area (Å²) in [7, 11) is 0. The molecular weight excluding hydrogens is 206 g/mol. The van der Waals surface area contributed by atoms with Crippen molar-refractivity contribution in [2.24, 2.45) is 17.6 Å². The third-order valence-corrected chi connectivity index (χ3v) is 2.98. The number of carbonyl (C=O) groups excluding carboxylic acids is 2. The number of hydrogen-bond acceptors (Lipinski definition) is 3. The summed E-state index contributed by atoms with van der Waals surface area (Å²) in [5.74, 6) is -0.679. The van der Waals surface area contributed by atoms with Crippen LogP contribution < -0.4 is 5.73 Å². The monoisotopic (exact) mass is 223 g/mol. The molecule has 0 bridgehead atoms. The molecule has 1 atom stereocenters. The number of nitrogens with two attached hydrogens (primary N) is 1. The second-order valence-corrected chi connectivity index (χ2v) is 4.29. The Labute approximate surface area is 95.2 Å². The van der Waals surface area contributed by atoms with Crippen molar-refractivity contribution in [1.29, 1.82) is 5.26 Å². The maximum Gasteiger partial charge on any atom is 0.239 e. The lowest BCUT2D eigenvalue weighted by Crippen LogP contribution is -2.41. The number of primary amides is 1. The van der Waals surface area contributed by atoms with Crippen LogP contribution in [0.4, 0.5) is 0 Å². The van der Waals surface area contributed by atoms with Crippen molar-refractivity contribution < 1.29 is 9.59 Å². The zero-order valence-electron chi connectivity index (χ0n) is 9.48. The van der Waals surface area contributed by atoms with E-state index in [1.165, 1.54) is 0 Å². The Bertz CT molecular complexity index is 314. The maximum atomic E-state index is 11.7. The molecule has 1 unspecified atom stereocenters. The Balaban J connectivity index is 2.40. The predicted octanol–water partition coefficient (Wildman–Crippen LogP) is 0.260. The van der Waals surface area contributed by atoms with Crippen molar-refractivity contribution in [3.05, 3.63) is 0 Å². The standard InChI is InChI=1S/C11H17N3O2/c1-8(7-12)11(16)14-4-2-9(3-5-14)6-10(13)15/h8-9H,2-6H2,1H3,(H2,13,15). The number of hydrogen-bond donors (Lipinski definition) is 1. The molecule has 5 heteroatoms. The summed E-state index contributed by atoms with van der Waals surface area (Å²) in [5.41, 5.74) is 5.12. The Morgan fingerprint density at radius 3 is 2.50 bits per heavy atom. The van der Waals surface area contributed by atoms with Gasteiger partial charge in [0.15, 0.2) is 0 Å². The van der Waals surface area contributed by atoms with Gasteiger partial charge >= 0.3 is 0 Å². The molecule has 1 aliphatic rings. The van der Waals surface area contributed by atoms with E-state index in [9.17, 15) is 9.59 Å². The number of piperidine rings is 1. The summed E-state index contributed by atoms with van der Waals surface area (Å²) in [4.78, 5) is 24.1. The normalized spacial score (nSPS) is 18.9. The minimum atomic E-state index is -0.576. The largest absolute Gasteiger partial charge is 0.370 e. The Morgan fingerprint density at radius 1 is 1.50 bits per heavy atom. The second-order valence-electron chi connectivity index (χ2n) is 4.29. The molecule has 0 saturated carbocycles. The van der Waals surface area contributed by atoms with Crippen LogP contribution in [0.2, 0.25) is 0 Å². The zero-order chi connectivity index (χ0) is 12.1. The van der Waals surface area contributed by atoms with Gasteiger partial charge in [0.05, 0.1) is 6.07 Å². The van der Waals surface area contributed by atoms with Gasteiger partial charge in [0.1, 0.15) is 5.92 Å². The Kier molecular flexibility index (Phi) is 4.29. The van der Waals surface area contributed by atoms with Crippen molar-refractivity contribution in [2.75, 3.05) is 13.1 Å². The lowest BCUT2D eigenvalue weighted by molar-refractivity contribution is -0.134. The third-order valence-electron chi connectivity index (χ3n) is 2.98. The van der Waals surface area contributed by atoms with Crippen LogP contribution in [0.15, 0.2) is 0 Å². The highest BCUT2D eigenvalue weighted by atomic mass is 16.2. The molecule has 1 rings (SSSR count). The van der Waals surface area contributed by atoms with Crippen molar-refractivity contribution >= 4 is 11.8 Å². The van der Waals surface area contributed by atoms with Gasteiger partial charge in [0.25, 0.3) is 0 Å². The average Bonchev–Trinajstić information content (AvgIpc) is 2.27. The topological polar surface area (TPSA) is 87.2 Å². The average molecular weight is 223 g/mol. The van der Waals surface area contributed by atoms with Crippen LogP contribution in [-0.4, -0.2) is 29.8 Å². The predicted molar refractivity (Wildman–Crippen MR) is 57.9 cm³/mol. The molecule has 1 aliphatic heterocycles. The van der Waals surface area contributed by atoms with E-state index in [4.69, 9.17) is 11.0 Å². The summed E-state index contributed by atoms with van der Waals surface area (Å²) >= 11 is 0. The molecule has 0 aromatic carbocycles. The fourth-order valence-electron chi connectivity index (χ4n) is 1.97. The first-order valence-corrected chi connectivity index (χ1v) is 5.51. The van der Waals surface area contributed by atoms with Crippen molar-refractivity contribution in [1.82, 2.24) is 4.90 Å². The van der Waals surface area contributed by atoms with Crippen LogP contribution in [0.3, 0.4) is 0 Å². The van der Waals surface area contributed by atoms with Crippen molar-refractivity contribution in [3.8, 4) is 6.07 Å². The number of nitrogens with zero attached hydrogens (tertiary/aromatic N) is 2. The zero-order valence-corrected chi connectivity index (χ0v) is 9.48. The summed E-state index contributed by atoms with van der Waals surface area (Å²) in [6.45, 7) is 2.86. The number of carbonyl (C=O) groups is 2. The summed E-state index contributed by atoms with van der Waals surface area (Å²) < 4.78 is 0. The number of rotatable bonds is 3. The molecule has 1 saturated heterocycles. The van der Waals surface area contributed by atoms with Gasteiger partial charge in [0.2, 0.25) is 11.8 Å². The highest BCUT2D eigenvalue weighted by Crippen LogP contribution is 2.21. The van der Waals surface area contributed by atoms with Gasteiger partial charge in [-0.2, -0.15) is 5.26 Å². The van der Waals surface area contributed by atoms with E-state index in [0.717, 1.165) is 12.8 Å². The molecule has 0 radical (unpaired) electrons. The highest BCUT2D eigenvalue weighted by Gasteiger charge is 2.26. The van der Waals surface area contributed by atoms with Crippen molar-refractivity contribution in [2.45, 2.75) is 26.2 Å². The lowest BCUT2D eigenvalue weighted by Gasteiger charge is -2.32. The molecule has 16 heavy (non-hydrogen) atoms. The van der Waals surface area contributed by atoms with Gasteiger partial charge in [-0.15, -0.1) is 0 Å². The number of likely N-dealkylation sites (tertiary alicyclic amines) is 1. The van der Waals surface area contributed by atoms with Crippen LogP contribution >= 0.6 is 0 Å². The van der Waals surface area contributed by atoms with Crippen LogP contribution in [0.5, 0.6) is 0 Å². The Morgan fingerprint density at radius 2 is 2.06 bits per heavy atom. The quantitative estimate of drug-likeness (QED) is 0.744. The minimum Gasteiger partial charge on any atom is -0.370 e. The molecule has 0 aliphatic carbocycles. The van der Waals surface area contributed by atoms with Crippen LogP contribution in [0.1, 0.15) is 26.2 Å². The molecule has 88 valence electrons. The van der Waals surface area contributed by atoms with E-state index < -0.39 is 5.92 Å². The molecule has 1 fully saturated rings. The lowest BCUT2D eigenvalue weighted by atomic mass is 9.93. The molecule has 2 amide bonds. The molecule has 0 spiro atoms. The first kappa shape index (κ1) is 12.5. The smallest absolute Gasteiger partial charge is 0.239 e. The first-order valence-electron chi connectivity index (χ1n) is 5.51. The number of nitriles is 1. The molecular formula is C11H17N3O2. The Hall–Kier alpha value is -1.57. The fourth-order valence-corrected chi connectivity index (χ4v) is 1.97. The van der Waals surface area contributed by atoms with Gasteiger partial charge in [-0.3, -0.25) is 9.59 Å². The molecule has 2 N–H and O–H groups in total.